The molecule has 4 rings (SSSR count). The SMILES string of the molecule is C=NC1CC(F)CN1C(=O)C(N)Cc1c[nH]c2ccc(NC(=O)Nc3ccccc3)cc12. The lowest BCUT2D eigenvalue weighted by molar-refractivity contribution is -0.133. The summed E-state index contributed by atoms with van der Waals surface area (Å²) in [6.07, 6.45) is 0.498. The van der Waals surface area contributed by atoms with Gasteiger partial charge in [-0.15, -0.1) is 0 Å². The molecule has 0 spiro atoms. The van der Waals surface area contributed by atoms with Gasteiger partial charge in [-0.25, -0.2) is 9.18 Å². The van der Waals surface area contributed by atoms with Gasteiger partial charge in [0.25, 0.3) is 0 Å². The molecule has 5 N–H and O–H groups in total. The Bertz CT molecular complexity index is 1130. The van der Waals surface area contributed by atoms with E-state index in [1.165, 1.54) is 4.90 Å². The molecule has 0 aliphatic carbocycles. The number of H-pyrrole nitrogens is 1. The van der Waals surface area contributed by atoms with E-state index in [2.05, 4.69) is 27.3 Å². The number of benzene rings is 2. The van der Waals surface area contributed by atoms with Crippen LogP contribution in [0.4, 0.5) is 20.6 Å². The van der Waals surface area contributed by atoms with Gasteiger partial charge in [-0.1, -0.05) is 18.2 Å². The van der Waals surface area contributed by atoms with E-state index in [4.69, 9.17) is 5.73 Å². The number of alkyl halides is 1. The molecule has 1 saturated heterocycles. The number of para-hydroxylation sites is 1. The first kappa shape index (κ1) is 21.5. The van der Waals surface area contributed by atoms with Crippen molar-refractivity contribution in [3.63, 3.8) is 0 Å². The molecular formula is C23H25FN6O2. The molecule has 0 radical (unpaired) electrons. The molecule has 3 amide bonds. The number of nitrogens with two attached hydrogens (primary N) is 1. The number of hydrogen-bond acceptors (Lipinski definition) is 4. The van der Waals surface area contributed by atoms with Crippen molar-refractivity contribution in [2.24, 2.45) is 10.7 Å². The molecule has 2 aromatic carbocycles. The lowest BCUT2D eigenvalue weighted by atomic mass is 10.0. The van der Waals surface area contributed by atoms with Gasteiger partial charge in [0.05, 0.1) is 12.6 Å². The Morgan fingerprint density at radius 3 is 2.72 bits per heavy atom. The molecule has 1 fully saturated rings. The average Bonchev–Trinajstić information content (AvgIpc) is 3.36. The minimum Gasteiger partial charge on any atom is -0.361 e. The maximum absolute atomic E-state index is 13.7. The number of nitrogens with one attached hydrogen (secondary N) is 3. The summed E-state index contributed by atoms with van der Waals surface area (Å²) in [6, 6.07) is 13.4. The number of likely N-dealkylation sites (tertiary alicyclic amines) is 1. The van der Waals surface area contributed by atoms with E-state index in [0.717, 1.165) is 16.5 Å². The van der Waals surface area contributed by atoms with Crippen LogP contribution in [0.25, 0.3) is 10.9 Å². The number of carbonyl (C=O) groups is 2. The van der Waals surface area contributed by atoms with Crippen LogP contribution in [-0.2, 0) is 11.2 Å². The monoisotopic (exact) mass is 436 g/mol. The highest BCUT2D eigenvalue weighted by molar-refractivity contribution is 6.01. The molecule has 1 aromatic heterocycles. The van der Waals surface area contributed by atoms with Gasteiger partial charge in [-0.3, -0.25) is 9.79 Å². The average molecular weight is 436 g/mol. The Hall–Kier alpha value is -3.72. The number of aromatic amines is 1. The van der Waals surface area contributed by atoms with Crippen LogP contribution in [0.5, 0.6) is 0 Å². The topological polar surface area (TPSA) is 116 Å². The second-order valence-electron chi connectivity index (χ2n) is 7.82. The highest BCUT2D eigenvalue weighted by atomic mass is 19.1. The minimum absolute atomic E-state index is 0.0191. The number of carbonyl (C=O) groups excluding carboxylic acids is 2. The van der Waals surface area contributed by atoms with E-state index in [-0.39, 0.29) is 31.3 Å². The van der Waals surface area contributed by atoms with Crippen LogP contribution in [0.1, 0.15) is 12.0 Å². The molecule has 8 nitrogen and oxygen atoms in total. The van der Waals surface area contributed by atoms with E-state index in [1.807, 2.05) is 30.3 Å². The van der Waals surface area contributed by atoms with Crippen LogP contribution in [0, 0.1) is 0 Å². The number of nitrogens with zero attached hydrogens (tertiary/aromatic N) is 2. The number of hydrogen-bond donors (Lipinski definition) is 4. The van der Waals surface area contributed by atoms with Crippen molar-refractivity contribution >= 4 is 40.9 Å². The maximum atomic E-state index is 13.7. The van der Waals surface area contributed by atoms with E-state index >= 15 is 0 Å². The van der Waals surface area contributed by atoms with Gasteiger partial charge in [0, 0.05) is 34.9 Å². The smallest absolute Gasteiger partial charge is 0.323 e. The summed E-state index contributed by atoms with van der Waals surface area (Å²) in [5.74, 6) is -0.353. The third kappa shape index (κ3) is 4.62. The van der Waals surface area contributed by atoms with Crippen LogP contribution < -0.4 is 16.4 Å². The number of urea groups is 1. The largest absolute Gasteiger partial charge is 0.361 e. The number of halogens is 1. The summed E-state index contributed by atoms with van der Waals surface area (Å²) in [7, 11) is 0. The lowest BCUT2D eigenvalue weighted by Crippen LogP contribution is -2.46. The molecule has 0 saturated carbocycles. The van der Waals surface area contributed by atoms with Gasteiger partial charge in [0.1, 0.15) is 12.3 Å². The predicted molar refractivity (Wildman–Crippen MR) is 124 cm³/mol. The van der Waals surface area contributed by atoms with Crippen LogP contribution in [0.15, 0.2) is 59.7 Å². The van der Waals surface area contributed by atoms with Gasteiger partial charge in [-0.05, 0) is 49.0 Å². The molecule has 1 aliphatic rings. The second kappa shape index (κ2) is 9.19. The zero-order valence-corrected chi connectivity index (χ0v) is 17.4. The fraction of sp³-hybridized carbons (Fsp3) is 0.261. The zero-order valence-electron chi connectivity index (χ0n) is 17.4. The first-order chi connectivity index (χ1) is 15.4. The Morgan fingerprint density at radius 2 is 1.97 bits per heavy atom. The van der Waals surface area contributed by atoms with Gasteiger partial charge in [-0.2, -0.15) is 0 Å². The molecule has 166 valence electrons. The Morgan fingerprint density at radius 1 is 1.22 bits per heavy atom. The van der Waals surface area contributed by atoms with Gasteiger partial charge >= 0.3 is 6.03 Å². The van der Waals surface area contributed by atoms with Crippen molar-refractivity contribution in [2.75, 3.05) is 17.2 Å². The lowest BCUT2D eigenvalue weighted by Gasteiger charge is -2.24. The number of anilines is 2. The van der Waals surface area contributed by atoms with E-state index in [1.54, 1.807) is 24.4 Å². The van der Waals surface area contributed by atoms with Crippen molar-refractivity contribution in [2.45, 2.75) is 31.2 Å². The summed E-state index contributed by atoms with van der Waals surface area (Å²) < 4.78 is 13.7. The number of rotatable bonds is 6. The van der Waals surface area contributed by atoms with Gasteiger partial charge in [0.15, 0.2) is 0 Å². The molecule has 3 unspecified atom stereocenters. The van der Waals surface area contributed by atoms with Gasteiger partial charge in [0.2, 0.25) is 5.91 Å². The second-order valence-corrected chi connectivity index (χ2v) is 7.82. The third-order valence-corrected chi connectivity index (χ3v) is 5.53. The standard InChI is InChI=1S/C23H25FN6O2/c1-26-21-10-15(24)13-30(21)22(31)19(25)9-14-12-27-20-8-7-17(11-18(14)20)29-23(32)28-16-5-3-2-4-6-16/h2-8,11-12,15,19,21,27H,1,9-10,13,25H2,(H2,28,29,32). The van der Waals surface area contributed by atoms with Crippen molar-refractivity contribution < 1.29 is 14.0 Å². The zero-order chi connectivity index (χ0) is 22.7. The van der Waals surface area contributed by atoms with Crippen LogP contribution in [-0.4, -0.2) is 53.5 Å². The molecule has 3 atom stereocenters. The van der Waals surface area contributed by atoms with E-state index in [9.17, 15) is 14.0 Å². The fourth-order valence-electron chi connectivity index (χ4n) is 3.95. The fourth-order valence-corrected chi connectivity index (χ4v) is 3.95. The summed E-state index contributed by atoms with van der Waals surface area (Å²) in [5.41, 5.74) is 9.14. The highest BCUT2D eigenvalue weighted by Crippen LogP contribution is 2.26. The first-order valence-corrected chi connectivity index (χ1v) is 10.3. The Kier molecular flexibility index (Phi) is 6.18. The Labute approximate surface area is 184 Å². The molecule has 0 bridgehead atoms. The van der Waals surface area contributed by atoms with Crippen LogP contribution in [0.2, 0.25) is 0 Å². The molecule has 9 heteroatoms. The Balaban J connectivity index is 1.46. The van der Waals surface area contributed by atoms with Gasteiger partial charge < -0.3 is 26.3 Å². The maximum Gasteiger partial charge on any atom is 0.323 e. The first-order valence-electron chi connectivity index (χ1n) is 10.3. The molecule has 32 heavy (non-hydrogen) atoms. The van der Waals surface area contributed by atoms with E-state index < -0.39 is 18.4 Å². The number of aromatic nitrogens is 1. The summed E-state index contributed by atoms with van der Waals surface area (Å²) >= 11 is 0. The van der Waals surface area contributed by atoms with Crippen LogP contribution in [0.3, 0.4) is 0 Å². The van der Waals surface area contributed by atoms with Crippen molar-refractivity contribution in [3.8, 4) is 0 Å². The van der Waals surface area contributed by atoms with E-state index in [0.29, 0.717) is 11.4 Å². The quantitative estimate of drug-likeness (QED) is 0.445. The number of fused-ring (bicyclic) bond motifs is 1. The molecule has 2 heterocycles. The normalized spacial score (nSPS) is 19.0. The summed E-state index contributed by atoms with van der Waals surface area (Å²) in [4.78, 5) is 33.4. The summed E-state index contributed by atoms with van der Waals surface area (Å²) in [5, 5.41) is 6.41. The molecular weight excluding hydrogens is 411 g/mol. The highest BCUT2D eigenvalue weighted by Gasteiger charge is 2.36. The molecule has 1 aliphatic heterocycles. The number of aliphatic imine (C=N–C) groups is 1. The molecule has 3 aromatic rings. The van der Waals surface area contributed by atoms with Crippen LogP contribution >= 0.6 is 0 Å². The van der Waals surface area contributed by atoms with Crippen molar-refractivity contribution in [1.29, 1.82) is 0 Å². The predicted octanol–water partition coefficient (Wildman–Crippen LogP) is 3.28. The van der Waals surface area contributed by atoms with Crippen molar-refractivity contribution in [3.05, 3.63) is 60.3 Å². The summed E-state index contributed by atoms with van der Waals surface area (Å²) in [6.45, 7) is 3.43. The minimum atomic E-state index is -1.12. The van der Waals surface area contributed by atoms with Crippen molar-refractivity contribution in [1.82, 2.24) is 9.88 Å². The number of amides is 3. The third-order valence-electron chi connectivity index (χ3n) is 5.53.